The smallest absolute Gasteiger partial charge is 0.244 e. The van der Waals surface area contributed by atoms with E-state index >= 15 is 0 Å². The molecule has 2 aromatic rings. The van der Waals surface area contributed by atoms with Crippen molar-refractivity contribution in [3.05, 3.63) is 53.9 Å². The minimum absolute atomic E-state index is 0.0172. The van der Waals surface area contributed by atoms with E-state index in [1.54, 1.807) is 16.8 Å². The Kier molecular flexibility index (Phi) is 4.15. The molecule has 24 heavy (non-hydrogen) atoms. The van der Waals surface area contributed by atoms with Crippen molar-refractivity contribution in [1.29, 1.82) is 0 Å². The van der Waals surface area contributed by atoms with E-state index in [9.17, 15) is 4.79 Å². The SMILES string of the molecule is O=C(/C=C/c1cn(Cc2ccccc2)nn1)NC(C1CC1)C1CC1. The van der Waals surface area contributed by atoms with Crippen molar-refractivity contribution in [2.45, 2.75) is 38.3 Å². The van der Waals surface area contributed by atoms with Gasteiger partial charge in [0.2, 0.25) is 5.91 Å². The van der Waals surface area contributed by atoms with Crippen molar-refractivity contribution >= 4 is 12.0 Å². The lowest BCUT2D eigenvalue weighted by molar-refractivity contribution is -0.117. The van der Waals surface area contributed by atoms with Gasteiger partial charge in [0, 0.05) is 12.1 Å². The van der Waals surface area contributed by atoms with Crippen LogP contribution < -0.4 is 5.32 Å². The minimum Gasteiger partial charge on any atom is -0.349 e. The number of hydrogen-bond acceptors (Lipinski definition) is 3. The van der Waals surface area contributed by atoms with Gasteiger partial charge in [-0.25, -0.2) is 4.68 Å². The predicted octanol–water partition coefficient (Wildman–Crippen LogP) is 2.64. The monoisotopic (exact) mass is 322 g/mol. The van der Waals surface area contributed by atoms with Gasteiger partial charge in [-0.2, -0.15) is 0 Å². The fourth-order valence-corrected chi connectivity index (χ4v) is 3.14. The van der Waals surface area contributed by atoms with Gasteiger partial charge in [-0.3, -0.25) is 4.79 Å². The molecule has 0 bridgehead atoms. The highest BCUT2D eigenvalue weighted by Crippen LogP contribution is 2.44. The number of carbonyl (C=O) groups excluding carboxylic acids is 1. The van der Waals surface area contributed by atoms with Crippen LogP contribution in [0.5, 0.6) is 0 Å². The van der Waals surface area contributed by atoms with Gasteiger partial charge in [-0.15, -0.1) is 5.10 Å². The first-order valence-corrected chi connectivity index (χ1v) is 8.70. The number of nitrogens with zero attached hydrogens (tertiary/aromatic N) is 3. The molecule has 5 heteroatoms. The highest BCUT2D eigenvalue weighted by Gasteiger charge is 2.41. The maximum absolute atomic E-state index is 12.1. The van der Waals surface area contributed by atoms with E-state index in [2.05, 4.69) is 27.8 Å². The highest BCUT2D eigenvalue weighted by atomic mass is 16.1. The number of nitrogens with one attached hydrogen (secondary N) is 1. The van der Waals surface area contributed by atoms with Crippen LogP contribution in [0.25, 0.3) is 6.08 Å². The van der Waals surface area contributed by atoms with Gasteiger partial charge in [-0.05, 0) is 49.2 Å². The number of carbonyl (C=O) groups is 1. The highest BCUT2D eigenvalue weighted by molar-refractivity contribution is 5.91. The quantitative estimate of drug-likeness (QED) is 0.797. The fraction of sp³-hybridized carbons (Fsp3) is 0.421. The van der Waals surface area contributed by atoms with Crippen molar-refractivity contribution < 1.29 is 4.79 Å². The van der Waals surface area contributed by atoms with Crippen molar-refractivity contribution in [1.82, 2.24) is 20.3 Å². The van der Waals surface area contributed by atoms with Gasteiger partial charge < -0.3 is 5.32 Å². The van der Waals surface area contributed by atoms with Gasteiger partial charge in [-0.1, -0.05) is 35.5 Å². The third kappa shape index (κ3) is 3.91. The largest absolute Gasteiger partial charge is 0.349 e. The van der Waals surface area contributed by atoms with Crippen LogP contribution in [0.15, 0.2) is 42.6 Å². The Balaban J connectivity index is 1.33. The van der Waals surface area contributed by atoms with Crippen LogP contribution in [0.3, 0.4) is 0 Å². The van der Waals surface area contributed by atoms with Crippen LogP contribution in [0.4, 0.5) is 0 Å². The Hall–Kier alpha value is -2.43. The molecular weight excluding hydrogens is 300 g/mol. The molecule has 0 spiro atoms. The normalized spacial score (nSPS) is 17.5. The number of aromatic nitrogens is 3. The number of benzene rings is 1. The molecule has 0 unspecified atom stereocenters. The van der Waals surface area contributed by atoms with Gasteiger partial charge in [0.25, 0.3) is 0 Å². The minimum atomic E-state index is -0.0172. The zero-order valence-electron chi connectivity index (χ0n) is 13.6. The summed E-state index contributed by atoms with van der Waals surface area (Å²) in [4.78, 5) is 12.1. The molecule has 2 fully saturated rings. The molecule has 1 N–H and O–H groups in total. The van der Waals surface area contributed by atoms with Crippen molar-refractivity contribution in [2.75, 3.05) is 0 Å². The van der Waals surface area contributed by atoms with Crippen LogP contribution in [-0.2, 0) is 11.3 Å². The van der Waals surface area contributed by atoms with E-state index < -0.39 is 0 Å². The lowest BCUT2D eigenvalue weighted by Crippen LogP contribution is -2.37. The molecule has 2 saturated carbocycles. The summed E-state index contributed by atoms with van der Waals surface area (Å²) in [5.41, 5.74) is 1.88. The molecule has 1 aromatic heterocycles. The van der Waals surface area contributed by atoms with E-state index in [4.69, 9.17) is 0 Å². The third-order valence-electron chi connectivity index (χ3n) is 4.72. The van der Waals surface area contributed by atoms with Crippen molar-refractivity contribution in [3.63, 3.8) is 0 Å². The lowest BCUT2D eigenvalue weighted by atomic mass is 10.1. The molecule has 4 rings (SSSR count). The average Bonchev–Trinajstić information content (AvgIpc) is 3.51. The van der Waals surface area contributed by atoms with Gasteiger partial charge in [0.05, 0.1) is 12.7 Å². The number of amides is 1. The summed E-state index contributed by atoms with van der Waals surface area (Å²) < 4.78 is 1.78. The predicted molar refractivity (Wildman–Crippen MR) is 92.0 cm³/mol. The van der Waals surface area contributed by atoms with Crippen LogP contribution >= 0.6 is 0 Å². The van der Waals surface area contributed by atoms with Crippen molar-refractivity contribution in [3.8, 4) is 0 Å². The molecular formula is C19H22N4O. The third-order valence-corrected chi connectivity index (χ3v) is 4.72. The Morgan fingerprint density at radius 3 is 2.58 bits per heavy atom. The first-order chi connectivity index (χ1) is 11.8. The standard InChI is InChI=1S/C19H22N4O/c24-18(20-19(15-6-7-15)16-8-9-16)11-10-17-13-23(22-21-17)12-14-4-2-1-3-5-14/h1-5,10-11,13,15-16,19H,6-9,12H2,(H,20,24)/b11-10+. The molecule has 0 radical (unpaired) electrons. The number of rotatable bonds is 7. The van der Waals surface area contributed by atoms with Crippen LogP contribution in [-0.4, -0.2) is 26.9 Å². The molecule has 2 aliphatic rings. The maximum atomic E-state index is 12.1. The Morgan fingerprint density at radius 2 is 1.92 bits per heavy atom. The van der Waals surface area contributed by atoms with Crippen LogP contribution in [0.2, 0.25) is 0 Å². The molecule has 124 valence electrons. The van der Waals surface area contributed by atoms with E-state index in [-0.39, 0.29) is 5.91 Å². The second kappa shape index (κ2) is 6.59. The summed E-state index contributed by atoms with van der Waals surface area (Å²) in [5.74, 6) is 1.40. The molecule has 0 atom stereocenters. The molecule has 1 amide bonds. The van der Waals surface area contributed by atoms with Crippen LogP contribution in [0, 0.1) is 11.8 Å². The van der Waals surface area contributed by atoms with Gasteiger partial charge >= 0.3 is 0 Å². The summed E-state index contributed by atoms with van der Waals surface area (Å²) in [6.45, 7) is 0.680. The Labute approximate surface area is 141 Å². The molecule has 0 saturated heterocycles. The summed E-state index contributed by atoms with van der Waals surface area (Å²) in [6.07, 6.45) is 10.2. The van der Waals surface area contributed by atoms with Gasteiger partial charge in [0.15, 0.2) is 0 Å². The molecule has 2 aliphatic carbocycles. The lowest BCUT2D eigenvalue weighted by Gasteiger charge is -2.15. The first-order valence-electron chi connectivity index (χ1n) is 8.70. The zero-order chi connectivity index (χ0) is 16.4. The topological polar surface area (TPSA) is 59.8 Å². The molecule has 0 aliphatic heterocycles. The Bertz CT molecular complexity index is 717. The van der Waals surface area contributed by atoms with Crippen LogP contribution in [0.1, 0.15) is 36.9 Å². The second-order valence-corrected chi connectivity index (χ2v) is 6.87. The second-order valence-electron chi connectivity index (χ2n) is 6.87. The fourth-order valence-electron chi connectivity index (χ4n) is 3.14. The van der Waals surface area contributed by atoms with E-state index in [1.807, 2.05) is 24.4 Å². The maximum Gasteiger partial charge on any atom is 0.244 e. The van der Waals surface area contributed by atoms with E-state index in [1.165, 1.54) is 31.2 Å². The van der Waals surface area contributed by atoms with Gasteiger partial charge in [0.1, 0.15) is 5.69 Å². The molecule has 1 heterocycles. The molecule has 1 aromatic carbocycles. The summed E-state index contributed by atoms with van der Waals surface area (Å²) in [7, 11) is 0. The Morgan fingerprint density at radius 1 is 1.21 bits per heavy atom. The number of hydrogen-bond donors (Lipinski definition) is 1. The van der Waals surface area contributed by atoms with E-state index in [0.717, 1.165) is 0 Å². The van der Waals surface area contributed by atoms with Crippen molar-refractivity contribution in [2.24, 2.45) is 11.8 Å². The molecule has 5 nitrogen and oxygen atoms in total. The first kappa shape index (κ1) is 15.1. The average molecular weight is 322 g/mol. The summed E-state index contributed by atoms with van der Waals surface area (Å²) in [5, 5.41) is 11.4. The summed E-state index contributed by atoms with van der Waals surface area (Å²) >= 11 is 0. The summed E-state index contributed by atoms with van der Waals surface area (Å²) in [6, 6.07) is 10.5. The zero-order valence-corrected chi connectivity index (χ0v) is 13.6. The van der Waals surface area contributed by atoms with E-state index in [0.29, 0.717) is 30.1 Å².